The lowest BCUT2D eigenvalue weighted by Crippen LogP contribution is -2.32. The van der Waals surface area contributed by atoms with Gasteiger partial charge in [-0.25, -0.2) is 8.98 Å². The zero-order valence-electron chi connectivity index (χ0n) is 6.20. The Bertz CT molecular complexity index is 291. The predicted octanol–water partition coefficient (Wildman–Crippen LogP) is 0.326. The van der Waals surface area contributed by atoms with Crippen molar-refractivity contribution in [1.82, 2.24) is 0 Å². The number of carboxylic acid groups (broad SMARTS) is 1. The zero-order chi connectivity index (χ0) is 10.9. The Morgan fingerprint density at radius 1 is 1.46 bits per heavy atom. The van der Waals surface area contributed by atoms with Crippen LogP contribution in [0.1, 0.15) is 6.92 Å². The molecule has 0 heterocycles. The van der Waals surface area contributed by atoms with E-state index in [1.54, 1.807) is 0 Å². The zero-order valence-corrected chi connectivity index (χ0v) is 7.02. The number of carboxylic acids is 1. The van der Waals surface area contributed by atoms with Gasteiger partial charge in [0, 0.05) is 0 Å². The Kier molecular flexibility index (Phi) is 3.28. The Hall–Kier alpha value is -0.830. The summed E-state index contributed by atoms with van der Waals surface area (Å²) in [5.41, 5.74) is -5.60. The summed E-state index contributed by atoms with van der Waals surface area (Å²) in [6.45, 7) is 0.672. The molecule has 1 atom stereocenters. The Morgan fingerprint density at radius 2 is 1.85 bits per heavy atom. The predicted molar refractivity (Wildman–Crippen MR) is 33.2 cm³/mol. The van der Waals surface area contributed by atoms with Gasteiger partial charge in [-0.3, -0.25) is 0 Å². The van der Waals surface area contributed by atoms with Crippen molar-refractivity contribution in [3.05, 3.63) is 0 Å². The van der Waals surface area contributed by atoms with Crippen molar-refractivity contribution in [3.8, 4) is 0 Å². The van der Waals surface area contributed by atoms with Crippen molar-refractivity contribution in [2.75, 3.05) is 0 Å². The van der Waals surface area contributed by atoms with Crippen molar-refractivity contribution in [2.45, 2.75) is 18.5 Å². The number of rotatable bonds is 3. The molecule has 0 amide bonds. The molecule has 0 spiro atoms. The Morgan fingerprint density at radius 3 is 2.08 bits per heavy atom. The third-order valence-corrected chi connectivity index (χ3v) is 2.01. The molecule has 0 aromatic heterocycles. The minimum Gasteiger partial charge on any atom is -0.479 e. The highest BCUT2D eigenvalue weighted by Gasteiger charge is 2.48. The first-order valence-electron chi connectivity index (χ1n) is 2.80. The molecule has 9 heteroatoms. The average Bonchev–Trinajstić information content (AvgIpc) is 1.83. The molecule has 0 aliphatic heterocycles. The van der Waals surface area contributed by atoms with Gasteiger partial charge in [-0.1, -0.05) is 0 Å². The van der Waals surface area contributed by atoms with Crippen LogP contribution in [0.25, 0.3) is 0 Å². The number of carbonyl (C=O) groups is 1. The second kappa shape index (κ2) is 3.50. The molecule has 0 fully saturated rings. The van der Waals surface area contributed by atoms with Crippen LogP contribution in [-0.2, 0) is 19.1 Å². The lowest BCUT2D eigenvalue weighted by atomic mass is 10.4. The van der Waals surface area contributed by atoms with E-state index in [0.29, 0.717) is 6.92 Å². The maximum Gasteiger partial charge on any atom is 0.523 e. The van der Waals surface area contributed by atoms with Crippen LogP contribution < -0.4 is 0 Å². The van der Waals surface area contributed by atoms with E-state index in [2.05, 4.69) is 4.18 Å². The monoisotopic (exact) mass is 222 g/mol. The minimum absolute atomic E-state index is 0.672. The maximum atomic E-state index is 11.6. The Balaban J connectivity index is 4.64. The molecule has 0 radical (unpaired) electrons. The molecule has 0 bridgehead atoms. The fraction of sp³-hybridized carbons (Fsp3) is 0.750. The van der Waals surface area contributed by atoms with Crippen LogP contribution >= 0.6 is 0 Å². The molecule has 0 aromatic carbocycles. The smallest absolute Gasteiger partial charge is 0.479 e. The van der Waals surface area contributed by atoms with E-state index in [4.69, 9.17) is 5.11 Å². The molecule has 0 saturated carbocycles. The van der Waals surface area contributed by atoms with Gasteiger partial charge in [-0.15, -0.1) is 0 Å². The summed E-state index contributed by atoms with van der Waals surface area (Å²) in [5, 5.41) is 8.05. The molecule has 0 aliphatic carbocycles. The normalized spacial score (nSPS) is 15.4. The maximum absolute atomic E-state index is 11.6. The Labute approximate surface area is 71.2 Å². The highest BCUT2D eigenvalue weighted by molar-refractivity contribution is 7.87. The molecular weight excluding hydrogens is 217 g/mol. The van der Waals surface area contributed by atoms with Gasteiger partial charge in [-0.05, 0) is 6.92 Å². The van der Waals surface area contributed by atoms with E-state index >= 15 is 0 Å². The first-order valence-corrected chi connectivity index (χ1v) is 4.21. The molecule has 0 saturated heterocycles. The van der Waals surface area contributed by atoms with Gasteiger partial charge >= 0.3 is 21.6 Å². The summed E-state index contributed by atoms with van der Waals surface area (Å²) in [6, 6.07) is 0. The molecule has 1 N–H and O–H groups in total. The van der Waals surface area contributed by atoms with Crippen LogP contribution in [-0.4, -0.2) is 31.1 Å². The standard InChI is InChI=1S/C4H5F3O5S/c1-2(3(8)9)12-13(10,11)4(5,6)7/h2H,1H3,(H,8,9). The summed E-state index contributed by atoms with van der Waals surface area (Å²) in [4.78, 5) is 9.95. The van der Waals surface area contributed by atoms with E-state index in [0.717, 1.165) is 0 Å². The summed E-state index contributed by atoms with van der Waals surface area (Å²) in [5.74, 6) is -1.80. The highest BCUT2D eigenvalue weighted by Crippen LogP contribution is 2.25. The van der Waals surface area contributed by atoms with Crippen molar-refractivity contribution in [2.24, 2.45) is 0 Å². The van der Waals surface area contributed by atoms with Crippen LogP contribution in [0.4, 0.5) is 13.2 Å². The van der Waals surface area contributed by atoms with Crippen molar-refractivity contribution >= 4 is 16.1 Å². The van der Waals surface area contributed by atoms with Crippen LogP contribution in [0.15, 0.2) is 0 Å². The van der Waals surface area contributed by atoms with Gasteiger partial charge in [0.2, 0.25) is 0 Å². The molecule has 5 nitrogen and oxygen atoms in total. The van der Waals surface area contributed by atoms with Crippen LogP contribution in [0.5, 0.6) is 0 Å². The molecule has 13 heavy (non-hydrogen) atoms. The van der Waals surface area contributed by atoms with E-state index in [1.807, 2.05) is 0 Å². The first-order chi connectivity index (χ1) is 5.58. The fourth-order valence-corrected chi connectivity index (χ4v) is 0.857. The van der Waals surface area contributed by atoms with Crippen LogP contribution in [0, 0.1) is 0 Å². The topological polar surface area (TPSA) is 80.7 Å². The van der Waals surface area contributed by atoms with E-state index in [-0.39, 0.29) is 0 Å². The minimum atomic E-state index is -5.82. The number of halogens is 3. The lowest BCUT2D eigenvalue weighted by molar-refractivity contribution is -0.144. The summed E-state index contributed by atoms with van der Waals surface area (Å²) >= 11 is 0. The second-order valence-corrected chi connectivity index (χ2v) is 3.54. The number of aliphatic carboxylic acids is 1. The van der Waals surface area contributed by atoms with Crippen molar-refractivity contribution in [1.29, 1.82) is 0 Å². The molecule has 78 valence electrons. The average molecular weight is 222 g/mol. The van der Waals surface area contributed by atoms with Gasteiger partial charge in [0.25, 0.3) is 0 Å². The SMILES string of the molecule is CC(OS(=O)(=O)C(F)(F)F)C(=O)O. The van der Waals surface area contributed by atoms with Crippen molar-refractivity contribution < 1.29 is 35.7 Å². The van der Waals surface area contributed by atoms with Crippen molar-refractivity contribution in [3.63, 3.8) is 0 Å². The highest BCUT2D eigenvalue weighted by atomic mass is 32.2. The summed E-state index contributed by atoms with van der Waals surface area (Å²) in [6.07, 6.45) is -2.06. The van der Waals surface area contributed by atoms with Gasteiger partial charge < -0.3 is 5.11 Å². The third kappa shape index (κ3) is 3.19. The second-order valence-electron chi connectivity index (χ2n) is 1.98. The molecular formula is C4H5F3O5S. The van der Waals surface area contributed by atoms with Crippen LogP contribution in [0.3, 0.4) is 0 Å². The van der Waals surface area contributed by atoms with E-state index < -0.39 is 27.7 Å². The largest absolute Gasteiger partial charge is 0.523 e. The fourth-order valence-electron chi connectivity index (χ4n) is 0.286. The summed E-state index contributed by atoms with van der Waals surface area (Å²) in [7, 11) is -5.82. The number of hydrogen-bond acceptors (Lipinski definition) is 4. The van der Waals surface area contributed by atoms with Crippen LogP contribution in [0.2, 0.25) is 0 Å². The van der Waals surface area contributed by atoms with E-state index in [9.17, 15) is 26.4 Å². The number of hydrogen-bond donors (Lipinski definition) is 1. The molecule has 0 aliphatic rings. The third-order valence-electron chi connectivity index (χ3n) is 0.902. The van der Waals surface area contributed by atoms with Gasteiger partial charge in [0.05, 0.1) is 0 Å². The molecule has 1 unspecified atom stereocenters. The first kappa shape index (κ1) is 12.2. The number of alkyl halides is 3. The summed E-state index contributed by atoms with van der Waals surface area (Å²) < 4.78 is 58.3. The molecule has 0 rings (SSSR count). The van der Waals surface area contributed by atoms with Gasteiger partial charge in [0.1, 0.15) is 0 Å². The molecule has 0 aromatic rings. The van der Waals surface area contributed by atoms with E-state index in [1.165, 1.54) is 0 Å². The van der Waals surface area contributed by atoms with Gasteiger partial charge in [-0.2, -0.15) is 21.6 Å². The quantitative estimate of drug-likeness (QED) is 0.549. The lowest BCUT2D eigenvalue weighted by Gasteiger charge is -2.10. The van der Waals surface area contributed by atoms with Gasteiger partial charge in [0.15, 0.2) is 6.10 Å².